The van der Waals surface area contributed by atoms with Crippen molar-refractivity contribution in [2.24, 2.45) is 0 Å². The molecule has 16 heavy (non-hydrogen) atoms. The van der Waals surface area contributed by atoms with Crippen LogP contribution in [0, 0.1) is 6.92 Å². The number of aryl methyl sites for hydroxylation is 1. The molecule has 0 saturated heterocycles. The average Bonchev–Trinajstić information content (AvgIpc) is 2.27. The van der Waals surface area contributed by atoms with Crippen molar-refractivity contribution >= 4 is 29.1 Å². The van der Waals surface area contributed by atoms with Crippen molar-refractivity contribution in [3.63, 3.8) is 0 Å². The first-order valence-corrected chi connectivity index (χ1v) is 5.88. The summed E-state index contributed by atoms with van der Waals surface area (Å²) in [6.45, 7) is 1.87. The van der Waals surface area contributed by atoms with Crippen LogP contribution in [-0.2, 0) is 0 Å². The van der Waals surface area contributed by atoms with Gasteiger partial charge in [-0.1, -0.05) is 11.6 Å². The van der Waals surface area contributed by atoms with Crippen LogP contribution >= 0.6 is 23.4 Å². The molecular weight excluding hydrogens is 242 g/mol. The maximum absolute atomic E-state index is 6.01. The highest BCUT2D eigenvalue weighted by Crippen LogP contribution is 2.30. The molecule has 0 aliphatic carbocycles. The fourth-order valence-corrected chi connectivity index (χ4v) is 2.18. The van der Waals surface area contributed by atoms with Gasteiger partial charge in [-0.15, -0.1) is 0 Å². The van der Waals surface area contributed by atoms with E-state index in [-0.39, 0.29) is 0 Å². The molecule has 5 heteroatoms. The van der Waals surface area contributed by atoms with Crippen LogP contribution in [0.1, 0.15) is 5.69 Å². The number of hydrogen-bond acceptors (Lipinski definition) is 4. The fraction of sp³-hybridized carbons (Fsp3) is 0.0909. The van der Waals surface area contributed by atoms with E-state index < -0.39 is 0 Å². The molecule has 0 amide bonds. The number of halogens is 1. The number of rotatable bonds is 2. The number of nitrogens with two attached hydrogens (primary N) is 1. The van der Waals surface area contributed by atoms with Gasteiger partial charge in [-0.2, -0.15) is 0 Å². The van der Waals surface area contributed by atoms with Gasteiger partial charge in [0, 0.05) is 6.20 Å². The van der Waals surface area contributed by atoms with E-state index in [2.05, 4.69) is 9.97 Å². The molecule has 0 aromatic carbocycles. The molecule has 0 fully saturated rings. The van der Waals surface area contributed by atoms with Crippen molar-refractivity contribution in [1.29, 1.82) is 0 Å². The lowest BCUT2D eigenvalue weighted by atomic mass is 10.3. The quantitative estimate of drug-likeness (QED) is 0.891. The minimum absolute atomic E-state index is 0.628. The molecule has 3 nitrogen and oxygen atoms in total. The van der Waals surface area contributed by atoms with Gasteiger partial charge >= 0.3 is 0 Å². The molecular formula is C11H10ClN3S. The van der Waals surface area contributed by atoms with Gasteiger partial charge in [-0.25, -0.2) is 9.97 Å². The third-order valence-corrected chi connectivity index (χ3v) is 3.40. The summed E-state index contributed by atoms with van der Waals surface area (Å²) in [6, 6.07) is 7.30. The monoisotopic (exact) mass is 251 g/mol. The lowest BCUT2D eigenvalue weighted by molar-refractivity contribution is 1.05. The van der Waals surface area contributed by atoms with E-state index in [1.165, 1.54) is 11.8 Å². The van der Waals surface area contributed by atoms with Crippen LogP contribution in [0.4, 0.5) is 5.69 Å². The highest BCUT2D eigenvalue weighted by atomic mass is 35.5. The summed E-state index contributed by atoms with van der Waals surface area (Å²) in [7, 11) is 0. The molecule has 0 atom stereocenters. The molecule has 0 aliphatic heterocycles. The van der Waals surface area contributed by atoms with E-state index in [1.54, 1.807) is 18.3 Å². The van der Waals surface area contributed by atoms with Crippen molar-refractivity contribution in [3.05, 3.63) is 41.2 Å². The van der Waals surface area contributed by atoms with Crippen molar-refractivity contribution in [2.75, 3.05) is 5.73 Å². The van der Waals surface area contributed by atoms with Crippen LogP contribution in [0.3, 0.4) is 0 Å². The topological polar surface area (TPSA) is 51.8 Å². The lowest BCUT2D eigenvalue weighted by Gasteiger charge is -2.04. The first kappa shape index (κ1) is 11.2. The molecule has 0 spiro atoms. The normalized spacial score (nSPS) is 10.4. The molecule has 2 N–H and O–H groups in total. The van der Waals surface area contributed by atoms with Gasteiger partial charge in [-0.3, -0.25) is 0 Å². The summed E-state index contributed by atoms with van der Waals surface area (Å²) in [5.41, 5.74) is 7.21. The Morgan fingerprint density at radius 3 is 2.81 bits per heavy atom. The fourth-order valence-electron chi connectivity index (χ4n) is 1.15. The Morgan fingerprint density at radius 1 is 1.31 bits per heavy atom. The second kappa shape index (κ2) is 4.72. The Balaban J connectivity index is 2.28. The van der Waals surface area contributed by atoms with Crippen LogP contribution in [0.2, 0.25) is 5.02 Å². The second-order valence-electron chi connectivity index (χ2n) is 3.22. The van der Waals surface area contributed by atoms with Gasteiger partial charge < -0.3 is 5.73 Å². The van der Waals surface area contributed by atoms with E-state index >= 15 is 0 Å². The number of anilines is 1. The van der Waals surface area contributed by atoms with E-state index in [9.17, 15) is 0 Å². The molecule has 0 radical (unpaired) electrons. The van der Waals surface area contributed by atoms with E-state index in [0.29, 0.717) is 10.7 Å². The average molecular weight is 252 g/mol. The van der Waals surface area contributed by atoms with E-state index in [0.717, 1.165) is 15.7 Å². The Morgan fingerprint density at radius 2 is 2.12 bits per heavy atom. The molecule has 0 aliphatic rings. The number of aromatic nitrogens is 2. The number of pyridine rings is 2. The van der Waals surface area contributed by atoms with Gasteiger partial charge in [0.05, 0.1) is 16.4 Å². The summed E-state index contributed by atoms with van der Waals surface area (Å²) < 4.78 is 0. The third kappa shape index (κ3) is 2.46. The summed E-state index contributed by atoms with van der Waals surface area (Å²) in [6.07, 6.45) is 1.71. The lowest BCUT2D eigenvalue weighted by Crippen LogP contribution is -1.93. The van der Waals surface area contributed by atoms with Gasteiger partial charge in [0.25, 0.3) is 0 Å². The smallest absolute Gasteiger partial charge is 0.121 e. The molecule has 82 valence electrons. The molecule has 2 aromatic rings. The number of nitrogens with zero attached hydrogens (tertiary/aromatic N) is 2. The summed E-state index contributed by atoms with van der Waals surface area (Å²) >= 11 is 7.44. The van der Waals surface area contributed by atoms with Gasteiger partial charge in [0.2, 0.25) is 0 Å². The minimum atomic E-state index is 0.628. The van der Waals surface area contributed by atoms with E-state index in [4.69, 9.17) is 17.3 Å². The number of hydrogen-bond donors (Lipinski definition) is 1. The molecule has 2 rings (SSSR count). The standard InChI is InChI=1S/C11H10ClN3S/c1-7-9(13)4-5-10(15-7)16-11-8(12)3-2-6-14-11/h2-6H,13H2,1H3. The third-order valence-electron chi connectivity index (χ3n) is 2.03. The van der Waals surface area contributed by atoms with Crippen LogP contribution in [0.25, 0.3) is 0 Å². The maximum atomic E-state index is 6.01. The zero-order chi connectivity index (χ0) is 11.5. The van der Waals surface area contributed by atoms with Crippen molar-refractivity contribution in [3.8, 4) is 0 Å². The first-order chi connectivity index (χ1) is 7.66. The zero-order valence-corrected chi connectivity index (χ0v) is 10.2. The Hall–Kier alpha value is -1.26. The summed E-state index contributed by atoms with van der Waals surface area (Å²) in [5.74, 6) is 0. The molecule has 2 heterocycles. The largest absolute Gasteiger partial charge is 0.397 e. The highest BCUT2D eigenvalue weighted by molar-refractivity contribution is 7.99. The molecule has 0 unspecified atom stereocenters. The van der Waals surface area contributed by atoms with Crippen molar-refractivity contribution in [1.82, 2.24) is 9.97 Å². The minimum Gasteiger partial charge on any atom is -0.397 e. The van der Waals surface area contributed by atoms with Crippen LogP contribution < -0.4 is 5.73 Å². The zero-order valence-electron chi connectivity index (χ0n) is 8.64. The second-order valence-corrected chi connectivity index (χ2v) is 4.63. The molecule has 2 aromatic heterocycles. The maximum Gasteiger partial charge on any atom is 0.121 e. The predicted molar refractivity (Wildman–Crippen MR) is 66.8 cm³/mol. The van der Waals surface area contributed by atoms with E-state index in [1.807, 2.05) is 19.1 Å². The van der Waals surface area contributed by atoms with Crippen LogP contribution in [0.15, 0.2) is 40.5 Å². The van der Waals surface area contributed by atoms with Gasteiger partial charge in [0.15, 0.2) is 0 Å². The van der Waals surface area contributed by atoms with Crippen LogP contribution in [-0.4, -0.2) is 9.97 Å². The molecule has 0 saturated carbocycles. The van der Waals surface area contributed by atoms with Crippen LogP contribution in [0.5, 0.6) is 0 Å². The molecule has 0 bridgehead atoms. The van der Waals surface area contributed by atoms with Gasteiger partial charge in [0.1, 0.15) is 10.1 Å². The highest BCUT2D eigenvalue weighted by Gasteiger charge is 2.05. The SMILES string of the molecule is Cc1nc(Sc2ncccc2Cl)ccc1N. The predicted octanol–water partition coefficient (Wildman–Crippen LogP) is 3.17. The Bertz CT molecular complexity index is 516. The Labute approximate surface area is 103 Å². The number of nitrogen functional groups attached to an aromatic ring is 1. The van der Waals surface area contributed by atoms with Crippen molar-refractivity contribution in [2.45, 2.75) is 17.0 Å². The first-order valence-electron chi connectivity index (χ1n) is 4.68. The Kier molecular flexibility index (Phi) is 3.31. The van der Waals surface area contributed by atoms with Gasteiger partial charge in [-0.05, 0) is 43.0 Å². The summed E-state index contributed by atoms with van der Waals surface area (Å²) in [5, 5.41) is 2.22. The van der Waals surface area contributed by atoms with Crippen molar-refractivity contribution < 1.29 is 0 Å². The summed E-state index contributed by atoms with van der Waals surface area (Å²) in [4.78, 5) is 8.53.